The van der Waals surface area contributed by atoms with Crippen LogP contribution in [0.15, 0.2) is 73.3 Å². The Balaban J connectivity index is 1.44. The van der Waals surface area contributed by atoms with Gasteiger partial charge in [0.1, 0.15) is 23.4 Å². The van der Waals surface area contributed by atoms with E-state index in [2.05, 4.69) is 41.6 Å². The van der Waals surface area contributed by atoms with Crippen molar-refractivity contribution in [1.82, 2.24) is 34.9 Å². The molecule has 4 aromatic heterocycles. The zero-order valence-corrected chi connectivity index (χ0v) is 20.9. The second-order valence-corrected chi connectivity index (χ2v) is 12.0. The Hall–Kier alpha value is -4.34. The Morgan fingerprint density at radius 2 is 1.81 bits per heavy atom. The van der Waals surface area contributed by atoms with Gasteiger partial charge in [0.25, 0.3) is 0 Å². The maximum atomic E-state index is 14.6. The maximum Gasteiger partial charge on any atom is 0.135 e. The standard InChI is InChI=1S/C28H24FN7S/c1-37(2,3)32-13-17-9-18(11-20(29)10-17)21-5-4-6-24-22(21)12-26(33-24)28-27-25(35-36-28)8-7-23(34-27)19-14-30-16-31-15-19/h4-12,14-16,32-33H,1-2,13H2,3H3,(H,35,36). The largest absolute Gasteiger partial charge is 0.353 e. The van der Waals surface area contributed by atoms with Crippen molar-refractivity contribution >= 4 is 43.1 Å². The molecule has 0 aliphatic heterocycles. The predicted molar refractivity (Wildman–Crippen MR) is 152 cm³/mol. The fraction of sp³-hybridized carbons (Fsp3) is 0.0714. The lowest BCUT2D eigenvalue weighted by atomic mass is 9.99. The number of aromatic nitrogens is 6. The number of nitrogens with zero attached hydrogens (tertiary/aromatic N) is 4. The van der Waals surface area contributed by atoms with Crippen molar-refractivity contribution in [2.24, 2.45) is 0 Å². The van der Waals surface area contributed by atoms with Gasteiger partial charge in [0.2, 0.25) is 0 Å². The number of halogens is 1. The first-order valence-corrected chi connectivity index (χ1v) is 13.9. The van der Waals surface area contributed by atoms with Gasteiger partial charge >= 0.3 is 0 Å². The van der Waals surface area contributed by atoms with E-state index in [1.807, 2.05) is 48.7 Å². The Kier molecular flexibility index (Phi) is 5.58. The average molecular weight is 510 g/mol. The van der Waals surface area contributed by atoms with Gasteiger partial charge in [0.05, 0.1) is 16.9 Å². The molecule has 4 heterocycles. The molecule has 0 aliphatic rings. The minimum Gasteiger partial charge on any atom is -0.353 e. The van der Waals surface area contributed by atoms with E-state index in [0.29, 0.717) is 12.2 Å². The summed E-state index contributed by atoms with van der Waals surface area (Å²) < 4.78 is 17.9. The van der Waals surface area contributed by atoms with Crippen LogP contribution in [0.2, 0.25) is 0 Å². The van der Waals surface area contributed by atoms with E-state index in [1.165, 1.54) is 6.33 Å². The zero-order valence-electron chi connectivity index (χ0n) is 20.1. The molecular weight excluding hydrogens is 485 g/mol. The first-order valence-electron chi connectivity index (χ1n) is 11.6. The van der Waals surface area contributed by atoms with E-state index in [9.17, 15) is 4.39 Å². The van der Waals surface area contributed by atoms with Crippen LogP contribution in [0.3, 0.4) is 0 Å². The van der Waals surface area contributed by atoms with E-state index >= 15 is 0 Å². The summed E-state index contributed by atoms with van der Waals surface area (Å²) in [4.78, 5) is 16.5. The van der Waals surface area contributed by atoms with Gasteiger partial charge in [0, 0.05) is 35.4 Å². The summed E-state index contributed by atoms with van der Waals surface area (Å²) in [5.74, 6) is 7.80. The number of H-pyrrole nitrogens is 2. The first-order chi connectivity index (χ1) is 17.8. The summed E-state index contributed by atoms with van der Waals surface area (Å²) in [5, 5.41) is 8.58. The molecule has 9 heteroatoms. The third-order valence-electron chi connectivity index (χ3n) is 6.08. The molecule has 6 rings (SSSR count). The fourth-order valence-corrected chi connectivity index (χ4v) is 4.89. The molecule has 2 aromatic carbocycles. The lowest BCUT2D eigenvalue weighted by Gasteiger charge is -2.12. The molecule has 0 bridgehead atoms. The van der Waals surface area contributed by atoms with Crippen LogP contribution in [0.4, 0.5) is 4.39 Å². The molecule has 6 aromatic rings. The second kappa shape index (κ2) is 8.95. The summed E-state index contributed by atoms with van der Waals surface area (Å²) in [6.45, 7) is 0.498. The number of benzene rings is 2. The van der Waals surface area contributed by atoms with E-state index in [0.717, 1.165) is 55.6 Å². The van der Waals surface area contributed by atoms with Gasteiger partial charge in [-0.15, -0.1) is 0 Å². The molecule has 0 radical (unpaired) electrons. The van der Waals surface area contributed by atoms with Crippen LogP contribution < -0.4 is 4.72 Å². The Morgan fingerprint density at radius 1 is 0.973 bits per heavy atom. The Morgan fingerprint density at radius 3 is 2.62 bits per heavy atom. The van der Waals surface area contributed by atoms with Crippen molar-refractivity contribution in [3.63, 3.8) is 0 Å². The first kappa shape index (κ1) is 23.1. The molecule has 184 valence electrons. The number of pyridine rings is 1. The van der Waals surface area contributed by atoms with Gasteiger partial charge in [-0.05, 0) is 65.4 Å². The van der Waals surface area contributed by atoms with Crippen LogP contribution in [0, 0.1) is 5.82 Å². The number of rotatable bonds is 6. The molecule has 0 spiro atoms. The van der Waals surface area contributed by atoms with Crippen LogP contribution >= 0.6 is 9.39 Å². The maximum absolute atomic E-state index is 14.6. The molecule has 0 unspecified atom stereocenters. The molecule has 0 saturated carbocycles. The number of hydrogen-bond acceptors (Lipinski definition) is 5. The molecule has 0 amide bonds. The summed E-state index contributed by atoms with van der Waals surface area (Å²) in [5.41, 5.74) is 8.15. The molecule has 37 heavy (non-hydrogen) atoms. The van der Waals surface area contributed by atoms with Crippen LogP contribution in [0.5, 0.6) is 0 Å². The predicted octanol–water partition coefficient (Wildman–Crippen LogP) is 5.67. The van der Waals surface area contributed by atoms with Gasteiger partial charge in [-0.2, -0.15) is 14.5 Å². The van der Waals surface area contributed by atoms with Crippen molar-refractivity contribution in [3.8, 4) is 33.8 Å². The van der Waals surface area contributed by atoms with E-state index in [-0.39, 0.29) is 5.82 Å². The highest BCUT2D eigenvalue weighted by Crippen LogP contribution is 2.35. The normalized spacial score (nSPS) is 11.9. The smallest absolute Gasteiger partial charge is 0.135 e. The number of nitrogens with one attached hydrogen (secondary N) is 3. The molecule has 0 fully saturated rings. The lowest BCUT2D eigenvalue weighted by Crippen LogP contribution is -2.08. The van der Waals surface area contributed by atoms with Crippen molar-refractivity contribution < 1.29 is 4.39 Å². The molecular formula is C28H24FN7S. The molecule has 0 saturated heterocycles. The lowest BCUT2D eigenvalue weighted by molar-refractivity contribution is 0.625. The molecule has 3 N–H and O–H groups in total. The summed E-state index contributed by atoms with van der Waals surface area (Å²) in [6, 6.07) is 17.0. The average Bonchev–Trinajstić information content (AvgIpc) is 3.51. The van der Waals surface area contributed by atoms with Gasteiger partial charge in [-0.1, -0.05) is 23.9 Å². The third-order valence-corrected chi connectivity index (χ3v) is 6.92. The van der Waals surface area contributed by atoms with Gasteiger partial charge < -0.3 is 4.98 Å². The Labute approximate surface area is 213 Å². The van der Waals surface area contributed by atoms with E-state index < -0.39 is 9.39 Å². The van der Waals surface area contributed by atoms with Crippen molar-refractivity contribution in [2.75, 3.05) is 6.26 Å². The van der Waals surface area contributed by atoms with Crippen LogP contribution in [-0.4, -0.2) is 48.1 Å². The van der Waals surface area contributed by atoms with E-state index in [4.69, 9.17) is 4.98 Å². The minimum atomic E-state index is -1.41. The minimum absolute atomic E-state index is 0.285. The SMILES string of the molecule is C=S(=C)(C)NCc1cc(F)cc(-c2cccc3[nH]c(-c4n[nH]c5ccc(-c6cncnc6)nc45)cc23)c1. The summed E-state index contributed by atoms with van der Waals surface area (Å²) in [6.07, 6.45) is 6.91. The summed E-state index contributed by atoms with van der Waals surface area (Å²) in [7, 11) is -1.41. The monoisotopic (exact) mass is 509 g/mol. The topological polar surface area (TPSA) is 95.2 Å². The fourth-order valence-electron chi connectivity index (χ4n) is 4.38. The molecule has 7 nitrogen and oxygen atoms in total. The van der Waals surface area contributed by atoms with Crippen LogP contribution in [0.25, 0.3) is 55.7 Å². The van der Waals surface area contributed by atoms with Gasteiger partial charge in [0.15, 0.2) is 0 Å². The third kappa shape index (κ3) is 4.62. The van der Waals surface area contributed by atoms with Crippen molar-refractivity contribution in [2.45, 2.75) is 6.54 Å². The van der Waals surface area contributed by atoms with E-state index in [1.54, 1.807) is 24.5 Å². The summed E-state index contributed by atoms with van der Waals surface area (Å²) >= 11 is 0. The highest BCUT2D eigenvalue weighted by Gasteiger charge is 2.16. The Bertz CT molecular complexity index is 1870. The number of fused-ring (bicyclic) bond motifs is 2. The molecule has 0 atom stereocenters. The quantitative estimate of drug-likeness (QED) is 0.251. The second-order valence-electron chi connectivity index (χ2n) is 9.19. The van der Waals surface area contributed by atoms with Crippen LogP contribution in [0.1, 0.15) is 5.56 Å². The highest BCUT2D eigenvalue weighted by molar-refractivity contribution is 8.25. The van der Waals surface area contributed by atoms with Gasteiger partial charge in [-0.25, -0.2) is 19.3 Å². The zero-order chi connectivity index (χ0) is 25.6. The van der Waals surface area contributed by atoms with Gasteiger partial charge in [-0.3, -0.25) is 9.82 Å². The number of aromatic amines is 2. The highest BCUT2D eigenvalue weighted by atomic mass is 32.2. The van der Waals surface area contributed by atoms with Crippen molar-refractivity contribution in [3.05, 3.63) is 84.7 Å². The molecule has 0 aliphatic carbocycles. The van der Waals surface area contributed by atoms with Crippen molar-refractivity contribution in [1.29, 1.82) is 0 Å². The van der Waals surface area contributed by atoms with Crippen LogP contribution in [-0.2, 0) is 6.54 Å². The number of hydrogen-bond donors (Lipinski definition) is 3.